The van der Waals surface area contributed by atoms with Gasteiger partial charge in [0.1, 0.15) is 6.07 Å². The number of morpholine rings is 1. The third-order valence-electron chi connectivity index (χ3n) is 3.06. The molecule has 1 aliphatic heterocycles. The predicted octanol–water partition coefficient (Wildman–Crippen LogP) is 1.15. The summed E-state index contributed by atoms with van der Waals surface area (Å²) in [5.41, 5.74) is 6.92. The highest BCUT2D eigenvalue weighted by Crippen LogP contribution is 2.27. The van der Waals surface area contributed by atoms with Crippen LogP contribution in [0.4, 0.5) is 11.5 Å². The van der Waals surface area contributed by atoms with Crippen LogP contribution in [0.25, 0.3) is 0 Å². The molecule has 1 atom stereocenters. The van der Waals surface area contributed by atoms with Gasteiger partial charge in [-0.05, 0) is 12.5 Å². The molecule has 0 saturated carbocycles. The van der Waals surface area contributed by atoms with E-state index in [9.17, 15) is 0 Å². The maximum atomic E-state index is 8.96. The van der Waals surface area contributed by atoms with Crippen LogP contribution in [-0.4, -0.2) is 30.8 Å². The Hall–Kier alpha value is -1.80. The summed E-state index contributed by atoms with van der Waals surface area (Å²) in [6.45, 7) is 4.24. The molecule has 5 heteroatoms. The van der Waals surface area contributed by atoms with E-state index in [0.29, 0.717) is 30.3 Å². The van der Waals surface area contributed by atoms with Crippen molar-refractivity contribution < 1.29 is 4.74 Å². The summed E-state index contributed by atoms with van der Waals surface area (Å²) in [6.07, 6.45) is 2.60. The number of hydrogen-bond acceptors (Lipinski definition) is 5. The second kappa shape index (κ2) is 5.02. The standard InChI is InChI=1S/C12H16N4O/c1-2-10-8-17-6-5-16(10)12-11(14)9(7-13)3-4-15-12/h3-4,10H,2,5-6,8,14H2,1H3. The highest BCUT2D eigenvalue weighted by Gasteiger charge is 2.24. The fourth-order valence-electron chi connectivity index (χ4n) is 2.06. The molecule has 1 aromatic heterocycles. The third-order valence-corrected chi connectivity index (χ3v) is 3.06. The summed E-state index contributed by atoms with van der Waals surface area (Å²) in [7, 11) is 0. The predicted molar refractivity (Wildman–Crippen MR) is 65.6 cm³/mol. The summed E-state index contributed by atoms with van der Waals surface area (Å²) < 4.78 is 5.45. The van der Waals surface area contributed by atoms with Gasteiger partial charge in [0.15, 0.2) is 5.82 Å². The van der Waals surface area contributed by atoms with Crippen molar-refractivity contribution in [1.29, 1.82) is 5.26 Å². The van der Waals surface area contributed by atoms with Crippen LogP contribution >= 0.6 is 0 Å². The van der Waals surface area contributed by atoms with Gasteiger partial charge in [-0.15, -0.1) is 0 Å². The van der Waals surface area contributed by atoms with E-state index < -0.39 is 0 Å². The van der Waals surface area contributed by atoms with Gasteiger partial charge in [0, 0.05) is 12.7 Å². The van der Waals surface area contributed by atoms with Crippen LogP contribution in [0.2, 0.25) is 0 Å². The monoisotopic (exact) mass is 232 g/mol. The molecule has 2 heterocycles. The highest BCUT2D eigenvalue weighted by atomic mass is 16.5. The lowest BCUT2D eigenvalue weighted by Crippen LogP contribution is -2.46. The maximum absolute atomic E-state index is 8.96. The van der Waals surface area contributed by atoms with Gasteiger partial charge < -0.3 is 15.4 Å². The Morgan fingerprint density at radius 1 is 1.71 bits per heavy atom. The SMILES string of the molecule is CCC1COCCN1c1nccc(C#N)c1N. The van der Waals surface area contributed by atoms with Crippen molar-refractivity contribution in [2.24, 2.45) is 0 Å². The quantitative estimate of drug-likeness (QED) is 0.827. The second-order valence-corrected chi connectivity index (χ2v) is 4.04. The topological polar surface area (TPSA) is 75.2 Å². The lowest BCUT2D eigenvalue weighted by molar-refractivity contribution is 0.0926. The first kappa shape index (κ1) is 11.7. The molecular weight excluding hydrogens is 216 g/mol. The van der Waals surface area contributed by atoms with Crippen LogP contribution in [0.5, 0.6) is 0 Å². The van der Waals surface area contributed by atoms with Crippen molar-refractivity contribution in [2.75, 3.05) is 30.4 Å². The lowest BCUT2D eigenvalue weighted by Gasteiger charge is -2.36. The second-order valence-electron chi connectivity index (χ2n) is 4.04. The van der Waals surface area contributed by atoms with E-state index in [1.54, 1.807) is 12.3 Å². The number of pyridine rings is 1. The molecule has 1 aromatic rings. The Morgan fingerprint density at radius 3 is 3.24 bits per heavy atom. The lowest BCUT2D eigenvalue weighted by atomic mass is 10.1. The van der Waals surface area contributed by atoms with E-state index in [1.165, 1.54) is 0 Å². The molecule has 5 nitrogen and oxygen atoms in total. The molecule has 0 spiro atoms. The van der Waals surface area contributed by atoms with E-state index >= 15 is 0 Å². The summed E-state index contributed by atoms with van der Waals surface area (Å²) in [6, 6.07) is 4.01. The molecule has 1 aliphatic rings. The zero-order valence-corrected chi connectivity index (χ0v) is 9.89. The van der Waals surface area contributed by atoms with Gasteiger partial charge in [-0.1, -0.05) is 6.92 Å². The fraction of sp³-hybridized carbons (Fsp3) is 0.500. The van der Waals surface area contributed by atoms with Gasteiger partial charge in [0.25, 0.3) is 0 Å². The number of nitriles is 1. The minimum Gasteiger partial charge on any atom is -0.395 e. The van der Waals surface area contributed by atoms with Gasteiger partial charge in [-0.25, -0.2) is 4.98 Å². The first-order valence-corrected chi connectivity index (χ1v) is 5.77. The van der Waals surface area contributed by atoms with E-state index in [0.717, 1.165) is 13.0 Å². The van der Waals surface area contributed by atoms with Crippen LogP contribution in [0.15, 0.2) is 12.3 Å². The van der Waals surface area contributed by atoms with E-state index in [-0.39, 0.29) is 6.04 Å². The average molecular weight is 232 g/mol. The molecule has 2 N–H and O–H groups in total. The van der Waals surface area contributed by atoms with Crippen LogP contribution in [0, 0.1) is 11.3 Å². The van der Waals surface area contributed by atoms with Gasteiger partial charge in [0.2, 0.25) is 0 Å². The van der Waals surface area contributed by atoms with Gasteiger partial charge >= 0.3 is 0 Å². The molecule has 1 unspecified atom stereocenters. The number of hydrogen-bond donors (Lipinski definition) is 1. The summed E-state index contributed by atoms with van der Waals surface area (Å²) in [5, 5.41) is 8.96. The molecule has 0 bridgehead atoms. The van der Waals surface area contributed by atoms with Crippen molar-refractivity contribution in [1.82, 2.24) is 4.98 Å². The first-order chi connectivity index (χ1) is 8.27. The number of aromatic nitrogens is 1. The minimum atomic E-state index is 0.285. The van der Waals surface area contributed by atoms with Crippen LogP contribution in [0.3, 0.4) is 0 Å². The zero-order chi connectivity index (χ0) is 12.3. The summed E-state index contributed by atoms with van der Waals surface area (Å²) in [5.74, 6) is 0.708. The van der Waals surface area contributed by atoms with Gasteiger partial charge in [-0.2, -0.15) is 5.26 Å². The van der Waals surface area contributed by atoms with Crippen molar-refractivity contribution in [3.63, 3.8) is 0 Å². The number of anilines is 2. The van der Waals surface area contributed by atoms with Gasteiger partial charge in [0.05, 0.1) is 30.5 Å². The zero-order valence-electron chi connectivity index (χ0n) is 9.89. The minimum absolute atomic E-state index is 0.285. The molecule has 90 valence electrons. The third kappa shape index (κ3) is 2.17. The molecule has 0 radical (unpaired) electrons. The normalized spacial score (nSPS) is 20.0. The van der Waals surface area contributed by atoms with Crippen LogP contribution in [0.1, 0.15) is 18.9 Å². The summed E-state index contributed by atoms with van der Waals surface area (Å²) >= 11 is 0. The molecule has 0 aromatic carbocycles. The molecule has 2 rings (SSSR count). The Labute approximate surface area is 101 Å². The maximum Gasteiger partial charge on any atom is 0.153 e. The Balaban J connectivity index is 2.35. The fourth-order valence-corrected chi connectivity index (χ4v) is 2.06. The molecule has 0 amide bonds. The highest BCUT2D eigenvalue weighted by molar-refractivity contribution is 5.70. The van der Waals surface area contributed by atoms with Crippen molar-refractivity contribution in [2.45, 2.75) is 19.4 Å². The van der Waals surface area contributed by atoms with E-state index in [2.05, 4.69) is 22.9 Å². The largest absolute Gasteiger partial charge is 0.395 e. The number of nitrogens with zero attached hydrogens (tertiary/aromatic N) is 3. The Kier molecular flexibility index (Phi) is 3.45. The number of rotatable bonds is 2. The smallest absolute Gasteiger partial charge is 0.153 e. The summed E-state index contributed by atoms with van der Waals surface area (Å²) in [4.78, 5) is 6.44. The van der Waals surface area contributed by atoms with E-state index in [4.69, 9.17) is 15.7 Å². The van der Waals surface area contributed by atoms with Crippen LogP contribution < -0.4 is 10.6 Å². The molecule has 1 fully saturated rings. The molecule has 1 saturated heterocycles. The Morgan fingerprint density at radius 2 is 2.53 bits per heavy atom. The molecule has 0 aliphatic carbocycles. The van der Waals surface area contributed by atoms with Crippen molar-refractivity contribution in [3.8, 4) is 6.07 Å². The number of ether oxygens (including phenoxy) is 1. The van der Waals surface area contributed by atoms with Crippen molar-refractivity contribution in [3.05, 3.63) is 17.8 Å². The average Bonchev–Trinajstić information content (AvgIpc) is 2.39. The number of nitrogen functional groups attached to an aromatic ring is 1. The van der Waals surface area contributed by atoms with Gasteiger partial charge in [-0.3, -0.25) is 0 Å². The molecular formula is C12H16N4O. The van der Waals surface area contributed by atoms with Crippen LogP contribution in [-0.2, 0) is 4.74 Å². The van der Waals surface area contributed by atoms with Crippen molar-refractivity contribution >= 4 is 11.5 Å². The van der Waals surface area contributed by atoms with E-state index in [1.807, 2.05) is 0 Å². The Bertz CT molecular complexity index is 441. The molecule has 17 heavy (non-hydrogen) atoms. The number of nitrogens with two attached hydrogens (primary N) is 1. The first-order valence-electron chi connectivity index (χ1n) is 5.77.